The summed E-state index contributed by atoms with van der Waals surface area (Å²) in [6.45, 7) is 28.4. The molecule has 0 aromatic heterocycles. The molecule has 0 amide bonds. The van der Waals surface area contributed by atoms with Crippen LogP contribution in [0.2, 0.25) is 0 Å². The first-order chi connectivity index (χ1) is 8.49. The highest BCUT2D eigenvalue weighted by atomic mass is 16.0. The van der Waals surface area contributed by atoms with Crippen LogP contribution in [-0.4, -0.2) is 61.3 Å². The molecule has 0 heterocycles. The molecule has 0 radical (unpaired) electrons. The molecule has 0 aliphatic rings. The van der Waals surface area contributed by atoms with Gasteiger partial charge in [-0.3, -0.25) is 0 Å². The third-order valence-corrected chi connectivity index (χ3v) is 5.37. The van der Waals surface area contributed by atoms with E-state index in [-0.39, 0.29) is 5.48 Å². The molecule has 120 valence electrons. The lowest BCUT2D eigenvalue weighted by molar-refractivity contribution is -0.921. The van der Waals surface area contributed by atoms with E-state index in [1.54, 1.807) is 0 Å². The predicted molar refractivity (Wildman–Crippen MR) is 85.5 cm³/mol. The summed E-state index contributed by atoms with van der Waals surface area (Å²) in [7, 11) is 0. The molecule has 3 heteroatoms. The van der Waals surface area contributed by atoms with E-state index in [0.29, 0.717) is 0 Å². The van der Waals surface area contributed by atoms with Gasteiger partial charge in [-0.2, -0.15) is 0 Å². The fourth-order valence-corrected chi connectivity index (χ4v) is 2.68. The standard InChI is InChI=1S/2C8H20N.O/c2*1-5-9(6-2,7-3)8-4;/h2*5-8H2,1-4H3;/q2*+1;-2. The molecule has 0 N–H and O–H groups in total. The SMILES string of the molecule is CC[N+](CC)(CC)CC.CC[N+](CC)(CC)CC.[O-2]. The Labute approximate surface area is 123 Å². The van der Waals surface area contributed by atoms with Crippen molar-refractivity contribution in [2.45, 2.75) is 55.4 Å². The Morgan fingerprint density at radius 1 is 0.368 bits per heavy atom. The van der Waals surface area contributed by atoms with Crippen LogP contribution < -0.4 is 0 Å². The summed E-state index contributed by atoms with van der Waals surface area (Å²) in [5, 5.41) is 0. The molecule has 0 saturated heterocycles. The van der Waals surface area contributed by atoms with Gasteiger partial charge < -0.3 is 14.4 Å². The first-order valence-electron chi connectivity index (χ1n) is 8.19. The highest BCUT2D eigenvalue weighted by molar-refractivity contribution is 4.31. The van der Waals surface area contributed by atoms with Gasteiger partial charge in [0.2, 0.25) is 0 Å². The van der Waals surface area contributed by atoms with E-state index in [1.165, 1.54) is 61.3 Å². The quantitative estimate of drug-likeness (QED) is 0.606. The first kappa shape index (κ1) is 23.9. The molecule has 0 bridgehead atoms. The fourth-order valence-electron chi connectivity index (χ4n) is 2.68. The van der Waals surface area contributed by atoms with Crippen LogP contribution in [0.25, 0.3) is 0 Å². The Bertz CT molecular complexity index is 121. The van der Waals surface area contributed by atoms with Gasteiger partial charge in [-0.1, -0.05) is 0 Å². The van der Waals surface area contributed by atoms with Gasteiger partial charge in [0.15, 0.2) is 0 Å². The zero-order valence-electron chi connectivity index (χ0n) is 15.0. The van der Waals surface area contributed by atoms with Gasteiger partial charge in [-0.05, 0) is 55.4 Å². The number of hydrogen-bond acceptors (Lipinski definition) is 0. The van der Waals surface area contributed by atoms with Crippen molar-refractivity contribution in [2.24, 2.45) is 0 Å². The highest BCUT2D eigenvalue weighted by Crippen LogP contribution is 2.03. The van der Waals surface area contributed by atoms with Crippen LogP contribution in [0.15, 0.2) is 0 Å². The smallest absolute Gasteiger partial charge is 0.0757 e. The Morgan fingerprint density at radius 2 is 0.474 bits per heavy atom. The Morgan fingerprint density at radius 3 is 0.474 bits per heavy atom. The lowest BCUT2D eigenvalue weighted by Gasteiger charge is -2.34. The molecule has 0 fully saturated rings. The maximum atomic E-state index is 2.27. The third kappa shape index (κ3) is 7.91. The molecular formula is C16H40N2O. The highest BCUT2D eigenvalue weighted by Gasteiger charge is 2.16. The van der Waals surface area contributed by atoms with Crippen LogP contribution >= 0.6 is 0 Å². The van der Waals surface area contributed by atoms with Crippen molar-refractivity contribution < 1.29 is 14.4 Å². The van der Waals surface area contributed by atoms with E-state index < -0.39 is 0 Å². The van der Waals surface area contributed by atoms with Gasteiger partial charge in [0, 0.05) is 0 Å². The molecule has 3 nitrogen and oxygen atoms in total. The van der Waals surface area contributed by atoms with Crippen LogP contribution in [0.1, 0.15) is 55.4 Å². The van der Waals surface area contributed by atoms with Gasteiger partial charge in [0.25, 0.3) is 0 Å². The summed E-state index contributed by atoms with van der Waals surface area (Å²) in [6.07, 6.45) is 0. The van der Waals surface area contributed by atoms with Gasteiger partial charge >= 0.3 is 0 Å². The minimum atomic E-state index is 0. The maximum absolute atomic E-state index is 2.27. The van der Waals surface area contributed by atoms with Gasteiger partial charge in [0.05, 0.1) is 52.4 Å². The zero-order chi connectivity index (χ0) is 14.7. The van der Waals surface area contributed by atoms with Crippen molar-refractivity contribution in [3.8, 4) is 0 Å². The van der Waals surface area contributed by atoms with Crippen molar-refractivity contribution in [3.63, 3.8) is 0 Å². The largest absolute Gasteiger partial charge is 2.00 e. The predicted octanol–water partition coefficient (Wildman–Crippen LogP) is 3.65. The topological polar surface area (TPSA) is 28.5 Å². The molecule has 0 unspecified atom stereocenters. The molecule has 0 aliphatic carbocycles. The van der Waals surface area contributed by atoms with Crippen molar-refractivity contribution in [1.82, 2.24) is 0 Å². The Kier molecular flexibility index (Phi) is 16.2. The molecule has 0 aromatic rings. The van der Waals surface area contributed by atoms with E-state index in [4.69, 9.17) is 0 Å². The normalized spacial score (nSPS) is 11.4. The molecule has 19 heavy (non-hydrogen) atoms. The van der Waals surface area contributed by atoms with Crippen LogP contribution in [-0.2, 0) is 5.48 Å². The van der Waals surface area contributed by atoms with Crippen LogP contribution in [0.3, 0.4) is 0 Å². The monoisotopic (exact) mass is 276 g/mol. The van der Waals surface area contributed by atoms with Crippen LogP contribution in [0.4, 0.5) is 0 Å². The van der Waals surface area contributed by atoms with Crippen molar-refractivity contribution >= 4 is 0 Å². The van der Waals surface area contributed by atoms with Gasteiger partial charge in [-0.25, -0.2) is 0 Å². The summed E-state index contributed by atoms with van der Waals surface area (Å²) in [5.41, 5.74) is 0. The van der Waals surface area contributed by atoms with E-state index >= 15 is 0 Å². The maximum Gasteiger partial charge on any atom is 0.0757 e. The lowest BCUT2D eigenvalue weighted by atomic mass is 10.3. The van der Waals surface area contributed by atoms with Crippen LogP contribution in [0, 0.1) is 0 Å². The third-order valence-electron chi connectivity index (χ3n) is 5.37. The van der Waals surface area contributed by atoms with Gasteiger partial charge in [0.1, 0.15) is 0 Å². The molecule has 0 saturated carbocycles. The molecule has 0 atom stereocenters. The van der Waals surface area contributed by atoms with Crippen molar-refractivity contribution in [1.29, 1.82) is 0 Å². The van der Waals surface area contributed by atoms with Crippen molar-refractivity contribution in [2.75, 3.05) is 52.4 Å². The lowest BCUT2D eigenvalue weighted by Crippen LogP contribution is -2.47. The fraction of sp³-hybridized carbons (Fsp3) is 1.00. The molecule has 0 spiro atoms. The molecule has 0 aliphatic heterocycles. The Balaban J connectivity index is -0.000000256. The summed E-state index contributed by atoms with van der Waals surface area (Å²) >= 11 is 0. The summed E-state index contributed by atoms with van der Waals surface area (Å²) in [6, 6.07) is 0. The first-order valence-corrected chi connectivity index (χ1v) is 8.19. The summed E-state index contributed by atoms with van der Waals surface area (Å²) in [5.74, 6) is 0. The van der Waals surface area contributed by atoms with Crippen LogP contribution in [0.5, 0.6) is 0 Å². The van der Waals surface area contributed by atoms with E-state index in [2.05, 4.69) is 55.4 Å². The number of nitrogens with zero attached hydrogens (tertiary/aromatic N) is 2. The number of rotatable bonds is 8. The second-order valence-corrected chi connectivity index (χ2v) is 5.21. The minimum Gasteiger partial charge on any atom is -2.00 e. The average molecular weight is 277 g/mol. The second-order valence-electron chi connectivity index (χ2n) is 5.21. The van der Waals surface area contributed by atoms with E-state index in [1.807, 2.05) is 0 Å². The minimum absolute atomic E-state index is 0. The van der Waals surface area contributed by atoms with E-state index in [9.17, 15) is 0 Å². The molecular weight excluding hydrogens is 236 g/mol. The number of quaternary nitrogens is 2. The van der Waals surface area contributed by atoms with Crippen molar-refractivity contribution in [3.05, 3.63) is 0 Å². The second kappa shape index (κ2) is 12.9. The average Bonchev–Trinajstić information content (AvgIpc) is 2.46. The zero-order valence-corrected chi connectivity index (χ0v) is 15.0. The Hall–Kier alpha value is -0.120. The van der Waals surface area contributed by atoms with Gasteiger partial charge in [-0.15, -0.1) is 0 Å². The summed E-state index contributed by atoms with van der Waals surface area (Å²) < 4.78 is 2.56. The summed E-state index contributed by atoms with van der Waals surface area (Å²) in [4.78, 5) is 0. The molecule has 0 rings (SSSR count). The van der Waals surface area contributed by atoms with E-state index in [0.717, 1.165) is 0 Å². The number of hydrogen-bond donors (Lipinski definition) is 0. The molecule has 0 aromatic carbocycles.